The normalized spacial score (nSPS) is 21.0. The highest BCUT2D eigenvalue weighted by Crippen LogP contribution is 2.38. The zero-order chi connectivity index (χ0) is 18.0. The van der Waals surface area contributed by atoms with E-state index < -0.39 is 16.7 Å². The molecular weight excluding hydrogens is 324 g/mol. The molecule has 2 saturated heterocycles. The van der Waals surface area contributed by atoms with Crippen molar-refractivity contribution in [2.24, 2.45) is 0 Å². The van der Waals surface area contributed by atoms with Crippen molar-refractivity contribution in [1.82, 2.24) is 4.90 Å². The average Bonchev–Trinajstić information content (AvgIpc) is 3.20. The minimum atomic E-state index is -0.701. The second-order valence-corrected chi connectivity index (χ2v) is 6.17. The molecule has 0 amide bonds. The van der Waals surface area contributed by atoms with E-state index in [1.54, 1.807) is 13.0 Å². The van der Waals surface area contributed by atoms with Gasteiger partial charge in [-0.2, -0.15) is 0 Å². The molecule has 1 aromatic rings. The number of carbonyl (C=O) groups is 2. The molecule has 2 fully saturated rings. The summed E-state index contributed by atoms with van der Waals surface area (Å²) in [7, 11) is 0. The van der Waals surface area contributed by atoms with Crippen LogP contribution in [-0.2, 0) is 9.53 Å². The number of carbonyl (C=O) groups excluding carboxylic acids is 2. The maximum absolute atomic E-state index is 13.1. The van der Waals surface area contributed by atoms with Gasteiger partial charge in [0, 0.05) is 24.4 Å². The standard InChI is InChI=1S/C18H20N2O5/c1-2-25-18(22)16(15-10-9-12-6-5-11-19(12)15)17(21)13-7-3-4-8-14(13)20(23)24/h3-4,7-8,12H,2,5-6,9-11H2,1H3/b16-15+/t12-/m0/s1. The smallest absolute Gasteiger partial charge is 0.343 e. The third-order valence-electron chi connectivity index (χ3n) is 4.78. The lowest BCUT2D eigenvalue weighted by atomic mass is 9.98. The second kappa shape index (κ2) is 7.04. The van der Waals surface area contributed by atoms with Crippen molar-refractivity contribution >= 4 is 17.4 Å². The van der Waals surface area contributed by atoms with E-state index >= 15 is 0 Å². The number of nitro benzene ring substituents is 1. The molecule has 132 valence electrons. The molecule has 1 atom stereocenters. The van der Waals surface area contributed by atoms with Crippen molar-refractivity contribution in [3.63, 3.8) is 0 Å². The summed E-state index contributed by atoms with van der Waals surface area (Å²) in [6, 6.07) is 6.06. The van der Waals surface area contributed by atoms with Gasteiger partial charge in [0.2, 0.25) is 5.78 Å². The summed E-state index contributed by atoms with van der Waals surface area (Å²) < 4.78 is 5.09. The first kappa shape index (κ1) is 17.1. The predicted octanol–water partition coefficient (Wildman–Crippen LogP) is 2.85. The van der Waals surface area contributed by atoms with Gasteiger partial charge in [-0.05, 0) is 38.7 Å². The summed E-state index contributed by atoms with van der Waals surface area (Å²) in [6.45, 7) is 2.61. The fourth-order valence-corrected chi connectivity index (χ4v) is 3.71. The Hall–Kier alpha value is -2.70. The Kier molecular flexibility index (Phi) is 4.83. The summed E-state index contributed by atoms with van der Waals surface area (Å²) in [5.74, 6) is -1.33. The number of ether oxygens (including phenoxy) is 1. The topological polar surface area (TPSA) is 89.8 Å². The zero-order valence-corrected chi connectivity index (χ0v) is 14.1. The van der Waals surface area contributed by atoms with Crippen LogP contribution >= 0.6 is 0 Å². The Morgan fingerprint density at radius 2 is 2.08 bits per heavy atom. The Bertz CT molecular complexity index is 756. The minimum Gasteiger partial charge on any atom is -0.462 e. The Morgan fingerprint density at radius 3 is 2.80 bits per heavy atom. The molecule has 0 bridgehead atoms. The third-order valence-corrected chi connectivity index (χ3v) is 4.78. The van der Waals surface area contributed by atoms with Gasteiger partial charge in [0.1, 0.15) is 11.1 Å². The SMILES string of the molecule is CCOC(=O)/C(C(=O)c1ccccc1[N+](=O)[O-])=C1\CC[C@@H]2CCCN12. The van der Waals surface area contributed by atoms with Crippen LogP contribution in [0.3, 0.4) is 0 Å². The first-order chi connectivity index (χ1) is 12.0. The zero-order valence-electron chi connectivity index (χ0n) is 14.1. The van der Waals surface area contributed by atoms with E-state index in [0.717, 1.165) is 25.8 Å². The Balaban J connectivity index is 2.09. The molecule has 25 heavy (non-hydrogen) atoms. The number of nitrogens with zero attached hydrogens (tertiary/aromatic N) is 2. The molecule has 0 N–H and O–H groups in total. The summed E-state index contributed by atoms with van der Waals surface area (Å²) in [5.41, 5.74) is 0.237. The van der Waals surface area contributed by atoms with Crippen molar-refractivity contribution in [3.8, 4) is 0 Å². The first-order valence-corrected chi connectivity index (χ1v) is 8.49. The summed E-state index contributed by atoms with van der Waals surface area (Å²) in [5, 5.41) is 11.3. The molecule has 0 radical (unpaired) electrons. The number of ketones is 1. The van der Waals surface area contributed by atoms with Crippen LogP contribution in [0.1, 0.15) is 43.0 Å². The molecule has 0 aromatic heterocycles. The molecule has 0 saturated carbocycles. The van der Waals surface area contributed by atoms with E-state index in [0.29, 0.717) is 18.2 Å². The van der Waals surface area contributed by atoms with Gasteiger partial charge >= 0.3 is 5.97 Å². The number of rotatable bonds is 5. The average molecular weight is 344 g/mol. The largest absolute Gasteiger partial charge is 0.462 e. The van der Waals surface area contributed by atoms with Crippen molar-refractivity contribution in [3.05, 3.63) is 51.2 Å². The number of fused-ring (bicyclic) bond motifs is 1. The number of nitro groups is 1. The van der Waals surface area contributed by atoms with Crippen LogP contribution in [0.2, 0.25) is 0 Å². The summed E-state index contributed by atoms with van der Waals surface area (Å²) >= 11 is 0. The van der Waals surface area contributed by atoms with E-state index in [-0.39, 0.29) is 23.4 Å². The molecule has 2 aliphatic heterocycles. The number of hydrogen-bond donors (Lipinski definition) is 0. The molecular formula is C18H20N2O5. The summed E-state index contributed by atoms with van der Waals surface area (Å²) in [6.07, 6.45) is 3.57. The number of benzene rings is 1. The van der Waals surface area contributed by atoms with Gasteiger partial charge < -0.3 is 9.64 Å². The van der Waals surface area contributed by atoms with Crippen LogP contribution in [0.4, 0.5) is 5.69 Å². The highest BCUT2D eigenvalue weighted by Gasteiger charge is 2.38. The Morgan fingerprint density at radius 1 is 1.32 bits per heavy atom. The monoisotopic (exact) mass is 344 g/mol. The van der Waals surface area contributed by atoms with E-state index in [9.17, 15) is 19.7 Å². The molecule has 7 heteroatoms. The minimum absolute atomic E-state index is 0.0550. The van der Waals surface area contributed by atoms with Gasteiger partial charge in [0.15, 0.2) is 0 Å². The maximum Gasteiger partial charge on any atom is 0.343 e. The predicted molar refractivity (Wildman–Crippen MR) is 90.0 cm³/mol. The van der Waals surface area contributed by atoms with E-state index in [1.807, 2.05) is 0 Å². The molecule has 0 aliphatic carbocycles. The molecule has 1 aromatic carbocycles. The van der Waals surface area contributed by atoms with Gasteiger partial charge in [-0.25, -0.2) is 4.79 Å². The van der Waals surface area contributed by atoms with Crippen molar-refractivity contribution in [1.29, 1.82) is 0 Å². The molecule has 7 nitrogen and oxygen atoms in total. The van der Waals surface area contributed by atoms with E-state index in [4.69, 9.17) is 4.74 Å². The fraction of sp³-hybridized carbons (Fsp3) is 0.444. The van der Waals surface area contributed by atoms with Crippen molar-refractivity contribution < 1.29 is 19.2 Å². The Labute approximate surface area is 145 Å². The van der Waals surface area contributed by atoms with Crippen LogP contribution in [0, 0.1) is 10.1 Å². The lowest BCUT2D eigenvalue weighted by Gasteiger charge is -2.21. The lowest BCUT2D eigenvalue weighted by Crippen LogP contribution is -2.27. The van der Waals surface area contributed by atoms with Crippen LogP contribution in [-0.4, -0.2) is 40.8 Å². The van der Waals surface area contributed by atoms with Gasteiger partial charge in [0.05, 0.1) is 11.5 Å². The number of para-hydroxylation sites is 1. The van der Waals surface area contributed by atoms with Crippen LogP contribution in [0.5, 0.6) is 0 Å². The molecule has 2 aliphatic rings. The molecule has 0 unspecified atom stereocenters. The highest BCUT2D eigenvalue weighted by molar-refractivity contribution is 6.25. The van der Waals surface area contributed by atoms with Crippen LogP contribution < -0.4 is 0 Å². The van der Waals surface area contributed by atoms with Crippen molar-refractivity contribution in [2.75, 3.05) is 13.2 Å². The van der Waals surface area contributed by atoms with Crippen LogP contribution in [0.25, 0.3) is 0 Å². The maximum atomic E-state index is 13.1. The highest BCUT2D eigenvalue weighted by atomic mass is 16.6. The van der Waals surface area contributed by atoms with E-state index in [1.165, 1.54) is 18.2 Å². The first-order valence-electron chi connectivity index (χ1n) is 8.49. The summed E-state index contributed by atoms with van der Waals surface area (Å²) in [4.78, 5) is 38.3. The van der Waals surface area contributed by atoms with Crippen LogP contribution in [0.15, 0.2) is 35.5 Å². The molecule has 2 heterocycles. The number of Topliss-reactive ketones (excluding diaryl/α,β-unsaturated/α-hetero) is 1. The second-order valence-electron chi connectivity index (χ2n) is 6.17. The number of hydrogen-bond acceptors (Lipinski definition) is 6. The molecule has 0 spiro atoms. The van der Waals surface area contributed by atoms with Gasteiger partial charge in [0.25, 0.3) is 5.69 Å². The third kappa shape index (κ3) is 3.14. The number of allylic oxidation sites excluding steroid dienone is 1. The van der Waals surface area contributed by atoms with E-state index in [2.05, 4.69) is 4.90 Å². The lowest BCUT2D eigenvalue weighted by molar-refractivity contribution is -0.385. The quantitative estimate of drug-likeness (QED) is 0.155. The van der Waals surface area contributed by atoms with Gasteiger partial charge in [-0.3, -0.25) is 14.9 Å². The van der Waals surface area contributed by atoms with Gasteiger partial charge in [-0.1, -0.05) is 12.1 Å². The number of esters is 1. The van der Waals surface area contributed by atoms with Gasteiger partial charge in [-0.15, -0.1) is 0 Å². The molecule has 3 rings (SSSR count). The van der Waals surface area contributed by atoms with Crippen molar-refractivity contribution in [2.45, 2.75) is 38.6 Å². The fourth-order valence-electron chi connectivity index (χ4n) is 3.71.